The van der Waals surface area contributed by atoms with Crippen LogP contribution in [0.1, 0.15) is 12.0 Å². The number of benzene rings is 1. The predicted octanol–water partition coefficient (Wildman–Crippen LogP) is 2.42. The molecule has 4 nitrogen and oxygen atoms in total. The predicted molar refractivity (Wildman–Crippen MR) is 86.2 cm³/mol. The van der Waals surface area contributed by atoms with E-state index in [1.54, 1.807) is 0 Å². The topological polar surface area (TPSA) is 49.4 Å². The van der Waals surface area contributed by atoms with Gasteiger partial charge in [-0.1, -0.05) is 24.3 Å². The molecule has 1 aromatic rings. The molecule has 4 aliphatic carbocycles. The monoisotopic (exact) mass is 308 g/mol. The molecular formula is C19H20N2O2. The zero-order valence-corrected chi connectivity index (χ0v) is 13.1. The Morgan fingerprint density at radius 2 is 1.74 bits per heavy atom. The number of carbonyl (C=O) groups excluding carboxylic acids is 2. The van der Waals surface area contributed by atoms with E-state index in [1.165, 1.54) is 11.3 Å². The second-order valence-electron chi connectivity index (χ2n) is 7.46. The third-order valence-corrected chi connectivity index (χ3v) is 6.21. The van der Waals surface area contributed by atoms with Gasteiger partial charge in [0, 0.05) is 5.69 Å². The minimum atomic E-state index is -0.0967. The minimum absolute atomic E-state index is 0.0323. The molecule has 5 aliphatic rings. The van der Waals surface area contributed by atoms with E-state index in [0.29, 0.717) is 23.7 Å². The van der Waals surface area contributed by atoms with Crippen molar-refractivity contribution in [1.82, 2.24) is 4.90 Å². The summed E-state index contributed by atoms with van der Waals surface area (Å²) in [5.41, 5.74) is 2.11. The summed E-state index contributed by atoms with van der Waals surface area (Å²) in [5, 5.41) is 3.23. The van der Waals surface area contributed by atoms with Gasteiger partial charge in [0.1, 0.15) is 0 Å². The lowest BCUT2D eigenvalue weighted by atomic mass is 9.63. The van der Waals surface area contributed by atoms with Gasteiger partial charge in [-0.05, 0) is 54.7 Å². The Balaban J connectivity index is 1.37. The molecule has 3 fully saturated rings. The van der Waals surface area contributed by atoms with Crippen LogP contribution in [0.15, 0.2) is 36.4 Å². The van der Waals surface area contributed by atoms with Gasteiger partial charge in [0.2, 0.25) is 11.8 Å². The van der Waals surface area contributed by atoms with Gasteiger partial charge in [0.15, 0.2) is 0 Å². The molecule has 0 unspecified atom stereocenters. The summed E-state index contributed by atoms with van der Waals surface area (Å²) in [7, 11) is 0. The number of nitrogens with zero attached hydrogens (tertiary/aromatic N) is 1. The SMILES string of the molecule is Cc1cccc(NCN2C(=O)[C@H]3[C@@H]4C=C[C@H]([C@@H]5C[C@H]45)[C@@H]3C2=O)c1. The van der Waals surface area contributed by atoms with Crippen molar-refractivity contribution in [3.8, 4) is 0 Å². The summed E-state index contributed by atoms with van der Waals surface area (Å²) in [5.74, 6) is 1.79. The molecular weight excluding hydrogens is 288 g/mol. The lowest BCUT2D eigenvalue weighted by Gasteiger charge is -2.37. The van der Waals surface area contributed by atoms with E-state index in [-0.39, 0.29) is 30.3 Å². The highest BCUT2D eigenvalue weighted by Crippen LogP contribution is 2.65. The van der Waals surface area contributed by atoms with Crippen LogP contribution in [0.3, 0.4) is 0 Å². The fourth-order valence-corrected chi connectivity index (χ4v) is 5.10. The molecule has 2 amide bonds. The standard InChI is InChI=1S/C19H20N2O2/c1-10-3-2-4-11(7-10)20-9-21-18(22)16-12-5-6-13(15-8-14(12)15)17(16)19(21)23/h2-7,12-17,20H,8-9H2,1H3/t12-,13-,14-,15+,16+,17+/m1/s1. The van der Waals surface area contributed by atoms with Gasteiger partial charge in [-0.3, -0.25) is 14.5 Å². The van der Waals surface area contributed by atoms with E-state index in [1.807, 2.05) is 31.2 Å². The zero-order chi connectivity index (χ0) is 15.7. The van der Waals surface area contributed by atoms with Gasteiger partial charge < -0.3 is 5.32 Å². The number of hydrogen-bond acceptors (Lipinski definition) is 3. The number of rotatable bonds is 3. The Morgan fingerprint density at radius 1 is 1.09 bits per heavy atom. The van der Waals surface area contributed by atoms with Crippen LogP contribution in [-0.4, -0.2) is 23.4 Å². The van der Waals surface area contributed by atoms with Gasteiger partial charge in [-0.2, -0.15) is 0 Å². The summed E-state index contributed by atoms with van der Waals surface area (Å²) in [4.78, 5) is 27.1. The number of aryl methyl sites for hydroxylation is 1. The first kappa shape index (κ1) is 13.3. The minimum Gasteiger partial charge on any atom is -0.367 e. The molecule has 1 aromatic carbocycles. The highest BCUT2D eigenvalue weighted by atomic mass is 16.2. The maximum atomic E-state index is 12.8. The fourth-order valence-electron chi connectivity index (χ4n) is 5.10. The zero-order valence-electron chi connectivity index (χ0n) is 13.1. The number of hydrogen-bond donors (Lipinski definition) is 1. The van der Waals surface area contributed by atoms with E-state index in [0.717, 1.165) is 11.3 Å². The highest BCUT2D eigenvalue weighted by molar-refractivity contribution is 6.06. The molecule has 1 aliphatic heterocycles. The second kappa shape index (κ2) is 4.47. The third-order valence-electron chi connectivity index (χ3n) is 6.21. The molecule has 4 heteroatoms. The van der Waals surface area contributed by atoms with Crippen molar-refractivity contribution in [3.05, 3.63) is 42.0 Å². The lowest BCUT2D eigenvalue weighted by molar-refractivity contribution is -0.139. The van der Waals surface area contributed by atoms with E-state index in [9.17, 15) is 9.59 Å². The van der Waals surface area contributed by atoms with E-state index in [2.05, 4.69) is 17.5 Å². The van der Waals surface area contributed by atoms with Crippen LogP contribution in [0.5, 0.6) is 0 Å². The van der Waals surface area contributed by atoms with Crippen LogP contribution in [0, 0.1) is 42.4 Å². The first-order valence-corrected chi connectivity index (χ1v) is 8.49. The van der Waals surface area contributed by atoms with Crippen molar-refractivity contribution in [2.24, 2.45) is 35.5 Å². The molecule has 23 heavy (non-hydrogen) atoms. The Morgan fingerprint density at radius 3 is 2.35 bits per heavy atom. The average Bonchev–Trinajstić information content (AvgIpc) is 3.32. The number of carbonyl (C=O) groups is 2. The van der Waals surface area contributed by atoms with Crippen LogP contribution in [0.4, 0.5) is 5.69 Å². The number of likely N-dealkylation sites (tertiary alicyclic amines) is 1. The Labute approximate surface area is 135 Å². The van der Waals surface area contributed by atoms with Crippen molar-refractivity contribution in [1.29, 1.82) is 0 Å². The van der Waals surface area contributed by atoms with Crippen LogP contribution in [0.25, 0.3) is 0 Å². The van der Waals surface area contributed by atoms with Crippen molar-refractivity contribution >= 4 is 17.5 Å². The van der Waals surface area contributed by atoms with E-state index >= 15 is 0 Å². The summed E-state index contributed by atoms with van der Waals surface area (Å²) >= 11 is 0. The second-order valence-corrected chi connectivity index (χ2v) is 7.46. The van der Waals surface area contributed by atoms with Crippen LogP contribution < -0.4 is 5.32 Å². The van der Waals surface area contributed by atoms with Crippen LogP contribution >= 0.6 is 0 Å². The molecule has 1 saturated heterocycles. The Hall–Kier alpha value is -2.10. The molecule has 6 atom stereocenters. The first-order valence-electron chi connectivity index (χ1n) is 8.49. The van der Waals surface area contributed by atoms with Gasteiger partial charge in [0.25, 0.3) is 0 Å². The normalized spacial score (nSPS) is 39.4. The first-order chi connectivity index (χ1) is 11.1. The quantitative estimate of drug-likeness (QED) is 0.689. The molecule has 0 radical (unpaired) electrons. The Bertz CT molecular complexity index is 705. The van der Waals surface area contributed by atoms with Gasteiger partial charge >= 0.3 is 0 Å². The van der Waals surface area contributed by atoms with E-state index in [4.69, 9.17) is 0 Å². The number of nitrogens with one attached hydrogen (secondary N) is 1. The summed E-state index contributed by atoms with van der Waals surface area (Å²) in [6, 6.07) is 7.99. The number of imide groups is 1. The van der Waals surface area contributed by atoms with Gasteiger partial charge in [0.05, 0.1) is 18.5 Å². The molecule has 1 heterocycles. The van der Waals surface area contributed by atoms with Gasteiger partial charge in [-0.25, -0.2) is 0 Å². The van der Waals surface area contributed by atoms with Crippen LogP contribution in [-0.2, 0) is 9.59 Å². The molecule has 0 aromatic heterocycles. The van der Waals surface area contributed by atoms with Crippen molar-refractivity contribution < 1.29 is 9.59 Å². The molecule has 1 N–H and O–H groups in total. The largest absolute Gasteiger partial charge is 0.367 e. The van der Waals surface area contributed by atoms with E-state index < -0.39 is 0 Å². The van der Waals surface area contributed by atoms with Crippen molar-refractivity contribution in [3.63, 3.8) is 0 Å². The average molecular weight is 308 g/mol. The van der Waals surface area contributed by atoms with Crippen molar-refractivity contribution in [2.45, 2.75) is 13.3 Å². The lowest BCUT2D eigenvalue weighted by Crippen LogP contribution is -2.40. The highest BCUT2D eigenvalue weighted by Gasteiger charge is 2.66. The summed E-state index contributed by atoms with van der Waals surface area (Å²) in [6.07, 6.45) is 5.63. The molecule has 2 saturated carbocycles. The molecule has 118 valence electrons. The molecule has 6 rings (SSSR count). The van der Waals surface area contributed by atoms with Crippen LogP contribution in [0.2, 0.25) is 0 Å². The smallest absolute Gasteiger partial charge is 0.235 e. The third kappa shape index (κ3) is 1.78. The molecule has 0 spiro atoms. The summed E-state index contributed by atoms with van der Waals surface area (Å²) < 4.78 is 0. The maximum absolute atomic E-state index is 12.8. The fraction of sp³-hybridized carbons (Fsp3) is 0.474. The van der Waals surface area contributed by atoms with Crippen molar-refractivity contribution in [2.75, 3.05) is 12.0 Å². The number of allylic oxidation sites excluding steroid dienone is 2. The molecule has 2 bridgehead atoms. The number of amides is 2. The van der Waals surface area contributed by atoms with Gasteiger partial charge in [-0.15, -0.1) is 0 Å². The summed E-state index contributed by atoms with van der Waals surface area (Å²) in [6.45, 7) is 2.31. The maximum Gasteiger partial charge on any atom is 0.235 e. The Kier molecular flexibility index (Phi) is 2.59. The number of anilines is 1.